The van der Waals surface area contributed by atoms with Crippen LogP contribution in [-0.4, -0.2) is 25.1 Å². The maximum Gasteiger partial charge on any atom is 0.294 e. The molecule has 0 aliphatic heterocycles. The zero-order chi connectivity index (χ0) is 18.6. The summed E-state index contributed by atoms with van der Waals surface area (Å²) in [6, 6.07) is 16.3. The van der Waals surface area contributed by atoms with E-state index in [1.54, 1.807) is 12.1 Å². The molecule has 0 saturated carbocycles. The Morgan fingerprint density at radius 1 is 0.920 bits per heavy atom. The van der Waals surface area contributed by atoms with Crippen LogP contribution >= 0.6 is 0 Å². The number of rotatable bonds is 7. The summed E-state index contributed by atoms with van der Waals surface area (Å²) in [4.78, 5) is 5.94. The normalized spacial score (nSPS) is 14.7. The smallest absolute Gasteiger partial charge is 0.291 e. The third-order valence-electron chi connectivity index (χ3n) is 4.14. The second-order valence-electron chi connectivity index (χ2n) is 6.44. The first kappa shape index (κ1) is 19.6. The van der Waals surface area contributed by atoms with Gasteiger partial charge < -0.3 is 0 Å². The summed E-state index contributed by atoms with van der Waals surface area (Å²) in [6.45, 7) is 6.19. The van der Waals surface area contributed by atoms with Crippen molar-refractivity contribution >= 4 is 10.1 Å². The van der Waals surface area contributed by atoms with Crippen LogP contribution in [-0.2, 0) is 15.0 Å². The van der Waals surface area contributed by atoms with Gasteiger partial charge >= 0.3 is 0 Å². The molecule has 0 fully saturated rings. The molecule has 6 heteroatoms. The number of nitrogens with zero attached hydrogens (tertiary/aromatic N) is 1. The largest absolute Gasteiger partial charge is 0.294 e. The molecule has 0 radical (unpaired) electrons. The fourth-order valence-electron chi connectivity index (χ4n) is 2.95. The van der Waals surface area contributed by atoms with Crippen LogP contribution in [0.1, 0.15) is 44.0 Å². The predicted octanol–water partition coefficient (Wildman–Crippen LogP) is 4.26. The van der Waals surface area contributed by atoms with E-state index in [2.05, 4.69) is 26.0 Å². The summed E-state index contributed by atoms with van der Waals surface area (Å²) < 4.78 is 31.3. The molecule has 0 spiro atoms. The van der Waals surface area contributed by atoms with Crippen molar-refractivity contribution in [1.82, 2.24) is 5.06 Å². The Hall–Kier alpha value is -1.73. The van der Waals surface area contributed by atoms with E-state index in [4.69, 9.17) is 9.39 Å². The van der Waals surface area contributed by atoms with Crippen LogP contribution in [0.2, 0.25) is 0 Å². The highest BCUT2D eigenvalue weighted by Crippen LogP contribution is 2.30. The van der Waals surface area contributed by atoms with Gasteiger partial charge in [0.25, 0.3) is 10.1 Å². The molecule has 0 bridgehead atoms. The molecule has 2 rings (SSSR count). The molecular formula is C19H25NO4S. The van der Waals surface area contributed by atoms with Gasteiger partial charge in [-0.1, -0.05) is 56.3 Å². The summed E-state index contributed by atoms with van der Waals surface area (Å²) in [5, 5.41) is 1.85. The molecule has 0 aliphatic rings. The highest BCUT2D eigenvalue weighted by Gasteiger charge is 2.23. The molecule has 0 aliphatic carbocycles. The molecule has 2 aromatic rings. The minimum Gasteiger partial charge on any atom is -0.291 e. The third-order valence-corrected chi connectivity index (χ3v) is 5.00. The highest BCUT2D eigenvalue weighted by molar-refractivity contribution is 7.85. The van der Waals surface area contributed by atoms with E-state index < -0.39 is 10.1 Å². The summed E-state index contributed by atoms with van der Waals surface area (Å²) in [5.41, 5.74) is 2.00. The van der Waals surface area contributed by atoms with Crippen molar-refractivity contribution < 1.29 is 17.8 Å². The summed E-state index contributed by atoms with van der Waals surface area (Å²) in [7, 11) is -2.28. The number of hydroxylamine groups is 2. The molecule has 0 saturated heterocycles. The third kappa shape index (κ3) is 5.12. The molecule has 2 unspecified atom stereocenters. The first-order chi connectivity index (χ1) is 11.7. The summed E-state index contributed by atoms with van der Waals surface area (Å²) >= 11 is 0. The van der Waals surface area contributed by atoms with E-state index in [-0.39, 0.29) is 17.0 Å². The van der Waals surface area contributed by atoms with E-state index in [1.807, 2.05) is 37.2 Å². The van der Waals surface area contributed by atoms with Crippen LogP contribution in [0.15, 0.2) is 59.5 Å². The average molecular weight is 363 g/mol. The average Bonchev–Trinajstić information content (AvgIpc) is 2.55. The zero-order valence-electron chi connectivity index (χ0n) is 15.0. The van der Waals surface area contributed by atoms with Crippen LogP contribution in [0.25, 0.3) is 0 Å². The number of benzene rings is 2. The van der Waals surface area contributed by atoms with Crippen molar-refractivity contribution in [2.75, 3.05) is 7.05 Å². The summed E-state index contributed by atoms with van der Waals surface area (Å²) in [6.07, 6.45) is -0.259. The first-order valence-corrected chi connectivity index (χ1v) is 9.66. The van der Waals surface area contributed by atoms with Crippen molar-refractivity contribution in [2.45, 2.75) is 37.8 Å². The van der Waals surface area contributed by atoms with Crippen LogP contribution < -0.4 is 0 Å². The topological polar surface area (TPSA) is 66.8 Å². The monoisotopic (exact) mass is 363 g/mol. The lowest BCUT2D eigenvalue weighted by Gasteiger charge is -2.33. The maximum atomic E-state index is 11.1. The van der Waals surface area contributed by atoms with Gasteiger partial charge in [0.1, 0.15) is 6.10 Å². The van der Waals surface area contributed by atoms with E-state index in [0.29, 0.717) is 5.92 Å². The van der Waals surface area contributed by atoms with E-state index in [1.165, 1.54) is 17.7 Å². The molecule has 0 heterocycles. The van der Waals surface area contributed by atoms with Gasteiger partial charge in [0.05, 0.1) is 10.9 Å². The van der Waals surface area contributed by atoms with Gasteiger partial charge in [0, 0.05) is 7.05 Å². The molecule has 1 N–H and O–H groups in total. The van der Waals surface area contributed by atoms with E-state index in [9.17, 15) is 8.42 Å². The van der Waals surface area contributed by atoms with Crippen molar-refractivity contribution in [3.63, 3.8) is 0 Å². The molecule has 25 heavy (non-hydrogen) atoms. The molecule has 0 amide bonds. The standard InChI is InChI=1S/C19H25NO4S/c1-14(2)19(17-8-6-5-7-9-17)20(4)24-15(3)16-10-12-18(13-11-16)25(21,22)23/h5-15,19H,1-4H3,(H,21,22,23). The van der Waals surface area contributed by atoms with Crippen LogP contribution in [0.5, 0.6) is 0 Å². The Morgan fingerprint density at radius 3 is 1.96 bits per heavy atom. The zero-order valence-corrected chi connectivity index (χ0v) is 15.8. The van der Waals surface area contributed by atoms with E-state index >= 15 is 0 Å². The van der Waals surface area contributed by atoms with Crippen molar-refractivity contribution in [1.29, 1.82) is 0 Å². The molecule has 5 nitrogen and oxygen atoms in total. The van der Waals surface area contributed by atoms with Gasteiger partial charge in [0.2, 0.25) is 0 Å². The summed E-state index contributed by atoms with van der Waals surface area (Å²) in [5.74, 6) is 0.349. The van der Waals surface area contributed by atoms with Gasteiger partial charge in [-0.15, -0.1) is 0 Å². The lowest BCUT2D eigenvalue weighted by atomic mass is 9.96. The Labute approximate surface area is 149 Å². The lowest BCUT2D eigenvalue weighted by molar-refractivity contribution is -0.212. The predicted molar refractivity (Wildman–Crippen MR) is 97.5 cm³/mol. The molecule has 2 aromatic carbocycles. The fraction of sp³-hybridized carbons (Fsp3) is 0.368. The van der Waals surface area contributed by atoms with Crippen molar-refractivity contribution in [3.05, 3.63) is 65.7 Å². The second kappa shape index (κ2) is 8.10. The van der Waals surface area contributed by atoms with Gasteiger partial charge in [-0.25, -0.2) is 0 Å². The van der Waals surface area contributed by atoms with Crippen LogP contribution in [0.3, 0.4) is 0 Å². The Bertz CT molecular complexity index is 773. The SMILES string of the molecule is CC(ON(C)C(c1ccccc1)C(C)C)c1ccc(S(=O)(=O)O)cc1. The molecule has 2 atom stereocenters. The van der Waals surface area contributed by atoms with Gasteiger partial charge in [0.15, 0.2) is 0 Å². The molecular weight excluding hydrogens is 338 g/mol. The molecule has 0 aromatic heterocycles. The van der Waals surface area contributed by atoms with Crippen LogP contribution in [0, 0.1) is 5.92 Å². The fourth-order valence-corrected chi connectivity index (χ4v) is 3.43. The van der Waals surface area contributed by atoms with Gasteiger partial charge in [-0.3, -0.25) is 9.39 Å². The maximum absolute atomic E-state index is 11.1. The van der Waals surface area contributed by atoms with Crippen LogP contribution in [0.4, 0.5) is 0 Å². The highest BCUT2D eigenvalue weighted by atomic mass is 32.2. The lowest BCUT2D eigenvalue weighted by Crippen LogP contribution is -2.29. The Balaban J connectivity index is 2.14. The minimum atomic E-state index is -4.18. The second-order valence-corrected chi connectivity index (χ2v) is 7.86. The Kier molecular flexibility index (Phi) is 6.35. The van der Waals surface area contributed by atoms with E-state index in [0.717, 1.165) is 5.56 Å². The first-order valence-electron chi connectivity index (χ1n) is 8.22. The van der Waals surface area contributed by atoms with Gasteiger partial charge in [-0.05, 0) is 36.1 Å². The van der Waals surface area contributed by atoms with Crippen molar-refractivity contribution in [2.24, 2.45) is 5.92 Å². The quantitative estimate of drug-likeness (QED) is 0.588. The number of hydrogen-bond acceptors (Lipinski definition) is 4. The molecule has 136 valence electrons. The minimum absolute atomic E-state index is 0.0979. The van der Waals surface area contributed by atoms with Crippen molar-refractivity contribution in [3.8, 4) is 0 Å². The van der Waals surface area contributed by atoms with Gasteiger partial charge in [-0.2, -0.15) is 13.5 Å². The Morgan fingerprint density at radius 2 is 1.48 bits per heavy atom. The number of hydrogen-bond donors (Lipinski definition) is 1.